The maximum absolute atomic E-state index is 12.3. The summed E-state index contributed by atoms with van der Waals surface area (Å²) in [6.07, 6.45) is 2.45. The smallest absolute Gasteiger partial charge is 0.227 e. The van der Waals surface area contributed by atoms with E-state index in [9.17, 15) is 4.79 Å². The fourth-order valence-corrected chi connectivity index (χ4v) is 3.26. The standard InChI is InChI=1S/C22H28N2O4/c1-26-20-8-3-16(15-21(20)27-2)9-12-23-18-4-6-19(7-5-18)24-22(25)17-10-13-28-14-11-17/h3-8,15,17,23H,9-14H2,1-2H3,(H,24,25). The van der Waals surface area contributed by atoms with Crippen LogP contribution < -0.4 is 20.1 Å². The van der Waals surface area contributed by atoms with Gasteiger partial charge in [0.25, 0.3) is 0 Å². The molecule has 150 valence electrons. The molecule has 1 fully saturated rings. The molecule has 0 atom stereocenters. The zero-order valence-corrected chi connectivity index (χ0v) is 16.5. The van der Waals surface area contributed by atoms with E-state index in [2.05, 4.69) is 10.6 Å². The van der Waals surface area contributed by atoms with Crippen molar-refractivity contribution in [3.05, 3.63) is 48.0 Å². The lowest BCUT2D eigenvalue weighted by Gasteiger charge is -2.21. The highest BCUT2D eigenvalue weighted by molar-refractivity contribution is 5.92. The first-order valence-corrected chi connectivity index (χ1v) is 9.63. The van der Waals surface area contributed by atoms with Gasteiger partial charge in [0.15, 0.2) is 11.5 Å². The van der Waals surface area contributed by atoms with Crippen molar-refractivity contribution in [3.63, 3.8) is 0 Å². The van der Waals surface area contributed by atoms with Gasteiger partial charge in [0.2, 0.25) is 5.91 Å². The average Bonchev–Trinajstić information content (AvgIpc) is 2.75. The normalized spacial score (nSPS) is 14.4. The number of carbonyl (C=O) groups excluding carboxylic acids is 1. The Hall–Kier alpha value is -2.73. The Bertz CT molecular complexity index is 771. The molecule has 1 saturated heterocycles. The molecule has 0 aliphatic carbocycles. The van der Waals surface area contributed by atoms with Crippen LogP contribution in [-0.4, -0.2) is 39.9 Å². The molecule has 1 aliphatic rings. The zero-order chi connectivity index (χ0) is 19.8. The van der Waals surface area contributed by atoms with Gasteiger partial charge in [-0.05, 0) is 61.2 Å². The van der Waals surface area contributed by atoms with Crippen LogP contribution in [0, 0.1) is 5.92 Å². The molecule has 0 bridgehead atoms. The number of benzene rings is 2. The van der Waals surface area contributed by atoms with Crippen molar-refractivity contribution in [2.24, 2.45) is 5.92 Å². The number of methoxy groups -OCH3 is 2. The van der Waals surface area contributed by atoms with Crippen molar-refractivity contribution in [1.29, 1.82) is 0 Å². The molecular weight excluding hydrogens is 356 g/mol. The minimum Gasteiger partial charge on any atom is -0.493 e. The summed E-state index contributed by atoms with van der Waals surface area (Å²) < 4.78 is 15.9. The molecular formula is C22H28N2O4. The Morgan fingerprint density at radius 2 is 1.68 bits per heavy atom. The van der Waals surface area contributed by atoms with Gasteiger partial charge in [0.1, 0.15) is 0 Å². The summed E-state index contributed by atoms with van der Waals surface area (Å²) in [5.74, 6) is 1.60. The second-order valence-corrected chi connectivity index (χ2v) is 6.82. The quantitative estimate of drug-likeness (QED) is 0.726. The lowest BCUT2D eigenvalue weighted by molar-refractivity contribution is -0.122. The molecule has 0 saturated carbocycles. The highest BCUT2D eigenvalue weighted by Gasteiger charge is 2.21. The fraction of sp³-hybridized carbons (Fsp3) is 0.409. The maximum Gasteiger partial charge on any atom is 0.227 e. The molecule has 6 nitrogen and oxygen atoms in total. The van der Waals surface area contributed by atoms with Gasteiger partial charge in [-0.3, -0.25) is 4.79 Å². The van der Waals surface area contributed by atoms with Crippen LogP contribution in [0.4, 0.5) is 11.4 Å². The molecule has 2 N–H and O–H groups in total. The number of amides is 1. The summed E-state index contributed by atoms with van der Waals surface area (Å²) in [5, 5.41) is 6.40. The summed E-state index contributed by atoms with van der Waals surface area (Å²) >= 11 is 0. The van der Waals surface area contributed by atoms with Gasteiger partial charge in [-0.2, -0.15) is 0 Å². The summed E-state index contributed by atoms with van der Waals surface area (Å²) in [7, 11) is 3.27. The Morgan fingerprint density at radius 3 is 2.36 bits per heavy atom. The summed E-state index contributed by atoms with van der Waals surface area (Å²) in [5.41, 5.74) is 3.01. The molecule has 6 heteroatoms. The fourth-order valence-electron chi connectivity index (χ4n) is 3.26. The van der Waals surface area contributed by atoms with E-state index in [4.69, 9.17) is 14.2 Å². The second kappa shape index (κ2) is 9.99. The third-order valence-electron chi connectivity index (χ3n) is 4.94. The highest BCUT2D eigenvalue weighted by Crippen LogP contribution is 2.27. The van der Waals surface area contributed by atoms with Crippen LogP contribution >= 0.6 is 0 Å². The van der Waals surface area contributed by atoms with Crippen molar-refractivity contribution in [1.82, 2.24) is 0 Å². The first-order chi connectivity index (χ1) is 13.7. The summed E-state index contributed by atoms with van der Waals surface area (Å²) in [6.45, 7) is 2.13. The minimum atomic E-state index is 0.0491. The lowest BCUT2D eigenvalue weighted by atomic mass is 9.99. The predicted molar refractivity (Wildman–Crippen MR) is 110 cm³/mol. The van der Waals surface area contributed by atoms with Crippen molar-refractivity contribution in [2.45, 2.75) is 19.3 Å². The van der Waals surface area contributed by atoms with E-state index in [1.54, 1.807) is 14.2 Å². The maximum atomic E-state index is 12.3. The van der Waals surface area contributed by atoms with Gasteiger partial charge in [0.05, 0.1) is 14.2 Å². The van der Waals surface area contributed by atoms with E-state index in [1.165, 1.54) is 5.56 Å². The van der Waals surface area contributed by atoms with E-state index in [1.807, 2.05) is 42.5 Å². The molecule has 0 unspecified atom stereocenters. The van der Waals surface area contributed by atoms with Crippen LogP contribution in [0.3, 0.4) is 0 Å². The van der Waals surface area contributed by atoms with Crippen molar-refractivity contribution in [2.75, 3.05) is 44.6 Å². The molecule has 0 radical (unpaired) electrons. The molecule has 3 rings (SSSR count). The number of hydrogen-bond acceptors (Lipinski definition) is 5. The van der Waals surface area contributed by atoms with Crippen LogP contribution in [0.5, 0.6) is 11.5 Å². The van der Waals surface area contributed by atoms with Gasteiger partial charge in [-0.1, -0.05) is 6.07 Å². The van der Waals surface area contributed by atoms with Gasteiger partial charge in [0, 0.05) is 37.1 Å². The van der Waals surface area contributed by atoms with Crippen LogP contribution in [0.25, 0.3) is 0 Å². The van der Waals surface area contributed by atoms with E-state index < -0.39 is 0 Å². The van der Waals surface area contributed by atoms with Crippen LogP contribution in [0.1, 0.15) is 18.4 Å². The van der Waals surface area contributed by atoms with E-state index in [0.717, 1.165) is 48.7 Å². The molecule has 2 aromatic carbocycles. The van der Waals surface area contributed by atoms with E-state index in [-0.39, 0.29) is 11.8 Å². The van der Waals surface area contributed by atoms with Gasteiger partial charge in [-0.15, -0.1) is 0 Å². The number of rotatable bonds is 8. The third kappa shape index (κ3) is 5.39. The number of nitrogens with one attached hydrogen (secondary N) is 2. The Kier molecular flexibility index (Phi) is 7.14. The molecule has 28 heavy (non-hydrogen) atoms. The van der Waals surface area contributed by atoms with E-state index in [0.29, 0.717) is 13.2 Å². The lowest BCUT2D eigenvalue weighted by Crippen LogP contribution is -2.28. The Morgan fingerprint density at radius 1 is 1.00 bits per heavy atom. The predicted octanol–water partition coefficient (Wildman–Crippen LogP) is 3.72. The number of ether oxygens (including phenoxy) is 3. The minimum absolute atomic E-state index is 0.0491. The SMILES string of the molecule is COc1ccc(CCNc2ccc(NC(=O)C3CCOCC3)cc2)cc1OC. The topological polar surface area (TPSA) is 68.8 Å². The molecule has 1 aliphatic heterocycles. The first-order valence-electron chi connectivity index (χ1n) is 9.63. The van der Waals surface area contributed by atoms with Crippen molar-refractivity contribution in [3.8, 4) is 11.5 Å². The highest BCUT2D eigenvalue weighted by atomic mass is 16.5. The molecule has 0 aromatic heterocycles. The van der Waals surface area contributed by atoms with Crippen LogP contribution in [-0.2, 0) is 16.0 Å². The largest absolute Gasteiger partial charge is 0.493 e. The van der Waals surface area contributed by atoms with E-state index >= 15 is 0 Å². The number of hydrogen-bond donors (Lipinski definition) is 2. The first kappa shape index (κ1) is 20.0. The molecule has 1 heterocycles. The van der Waals surface area contributed by atoms with Gasteiger partial charge in [-0.25, -0.2) is 0 Å². The second-order valence-electron chi connectivity index (χ2n) is 6.82. The van der Waals surface area contributed by atoms with Gasteiger partial charge >= 0.3 is 0 Å². The van der Waals surface area contributed by atoms with Gasteiger partial charge < -0.3 is 24.8 Å². The summed E-state index contributed by atoms with van der Waals surface area (Å²) in [4.78, 5) is 12.3. The molecule has 0 spiro atoms. The monoisotopic (exact) mass is 384 g/mol. The zero-order valence-electron chi connectivity index (χ0n) is 16.5. The summed E-state index contributed by atoms with van der Waals surface area (Å²) in [6, 6.07) is 13.8. The van der Waals surface area contributed by atoms with Crippen molar-refractivity contribution < 1.29 is 19.0 Å². The van der Waals surface area contributed by atoms with Crippen molar-refractivity contribution >= 4 is 17.3 Å². The Labute approximate surface area is 166 Å². The number of anilines is 2. The molecule has 1 amide bonds. The average molecular weight is 384 g/mol. The van der Waals surface area contributed by atoms with Crippen LogP contribution in [0.15, 0.2) is 42.5 Å². The Balaban J connectivity index is 1.47. The third-order valence-corrected chi connectivity index (χ3v) is 4.94. The van der Waals surface area contributed by atoms with Crippen LogP contribution in [0.2, 0.25) is 0 Å². The molecule has 2 aromatic rings. The number of carbonyl (C=O) groups is 1.